The Labute approximate surface area is 164 Å². The standard InChI is InChI=1S/C22H25F2N3O/c1-16(26-10-3-11-27(13-12-26)19-4-2-5-19)17-6-9-22(25-15-17)28-21-8-7-18(23)14-20(21)24/h6-9,14-15,19H,1-5,10-13H2. The van der Waals surface area contributed by atoms with Crippen LogP contribution in [0.4, 0.5) is 8.78 Å². The molecule has 4 rings (SSSR count). The van der Waals surface area contributed by atoms with Gasteiger partial charge in [0.1, 0.15) is 5.82 Å². The van der Waals surface area contributed by atoms with E-state index in [9.17, 15) is 8.78 Å². The van der Waals surface area contributed by atoms with Gasteiger partial charge in [0.15, 0.2) is 11.6 Å². The number of hydrogen-bond donors (Lipinski definition) is 0. The van der Waals surface area contributed by atoms with Crippen molar-refractivity contribution in [3.05, 3.63) is 60.3 Å². The number of hydrogen-bond acceptors (Lipinski definition) is 4. The summed E-state index contributed by atoms with van der Waals surface area (Å²) in [6.07, 6.45) is 6.85. The number of pyridine rings is 1. The van der Waals surface area contributed by atoms with Gasteiger partial charge < -0.3 is 9.64 Å². The molecule has 0 amide bonds. The largest absolute Gasteiger partial charge is 0.436 e. The third-order valence-electron chi connectivity index (χ3n) is 5.68. The van der Waals surface area contributed by atoms with Crippen LogP contribution in [0, 0.1) is 11.6 Å². The van der Waals surface area contributed by atoms with Gasteiger partial charge >= 0.3 is 0 Å². The molecule has 2 fully saturated rings. The number of nitrogens with zero attached hydrogens (tertiary/aromatic N) is 3. The summed E-state index contributed by atoms with van der Waals surface area (Å²) in [6, 6.07) is 7.53. The van der Waals surface area contributed by atoms with Gasteiger partial charge in [-0.3, -0.25) is 4.90 Å². The van der Waals surface area contributed by atoms with Crippen molar-refractivity contribution in [2.24, 2.45) is 0 Å². The lowest BCUT2D eigenvalue weighted by Gasteiger charge is -2.36. The molecular weight excluding hydrogens is 360 g/mol. The van der Waals surface area contributed by atoms with Gasteiger partial charge in [-0.2, -0.15) is 0 Å². The number of ether oxygens (including phenoxy) is 1. The molecule has 0 atom stereocenters. The van der Waals surface area contributed by atoms with E-state index in [-0.39, 0.29) is 11.6 Å². The van der Waals surface area contributed by atoms with E-state index in [2.05, 4.69) is 21.4 Å². The van der Waals surface area contributed by atoms with Crippen molar-refractivity contribution >= 4 is 5.70 Å². The molecule has 0 radical (unpaired) electrons. The van der Waals surface area contributed by atoms with Crippen LogP contribution in [0.15, 0.2) is 43.1 Å². The predicted octanol–water partition coefficient (Wildman–Crippen LogP) is 4.68. The molecule has 6 heteroatoms. The van der Waals surface area contributed by atoms with Crippen molar-refractivity contribution in [1.29, 1.82) is 0 Å². The molecule has 2 aliphatic rings. The Hall–Kier alpha value is -2.47. The first-order valence-corrected chi connectivity index (χ1v) is 9.87. The van der Waals surface area contributed by atoms with Crippen molar-refractivity contribution in [3.63, 3.8) is 0 Å². The molecule has 28 heavy (non-hydrogen) atoms. The smallest absolute Gasteiger partial charge is 0.219 e. The normalized spacial score (nSPS) is 18.4. The summed E-state index contributed by atoms with van der Waals surface area (Å²) < 4.78 is 32.1. The zero-order chi connectivity index (χ0) is 19.5. The second-order valence-corrected chi connectivity index (χ2v) is 7.47. The predicted molar refractivity (Wildman–Crippen MR) is 105 cm³/mol. The van der Waals surface area contributed by atoms with Crippen molar-refractivity contribution in [1.82, 2.24) is 14.8 Å². The number of benzene rings is 1. The maximum absolute atomic E-state index is 13.7. The molecule has 1 aliphatic carbocycles. The molecule has 2 aromatic rings. The minimum absolute atomic E-state index is 0.0518. The van der Waals surface area contributed by atoms with Crippen LogP contribution in [-0.4, -0.2) is 47.0 Å². The van der Waals surface area contributed by atoms with Gasteiger partial charge in [0.05, 0.1) is 0 Å². The fourth-order valence-electron chi connectivity index (χ4n) is 3.79. The number of rotatable bonds is 5. The summed E-state index contributed by atoms with van der Waals surface area (Å²) in [4.78, 5) is 9.19. The third-order valence-corrected chi connectivity index (χ3v) is 5.68. The van der Waals surface area contributed by atoms with Crippen LogP contribution in [0.2, 0.25) is 0 Å². The van der Waals surface area contributed by atoms with E-state index in [0.29, 0.717) is 0 Å². The fraction of sp³-hybridized carbons (Fsp3) is 0.409. The molecule has 1 aromatic carbocycles. The molecule has 148 valence electrons. The Kier molecular flexibility index (Phi) is 5.57. The van der Waals surface area contributed by atoms with E-state index in [1.807, 2.05) is 6.07 Å². The Bertz CT molecular complexity index is 836. The fourth-order valence-corrected chi connectivity index (χ4v) is 3.79. The second-order valence-electron chi connectivity index (χ2n) is 7.47. The van der Waals surface area contributed by atoms with E-state index in [1.165, 1.54) is 25.3 Å². The van der Waals surface area contributed by atoms with Crippen LogP contribution >= 0.6 is 0 Å². The Morgan fingerprint density at radius 1 is 1.04 bits per heavy atom. The Balaban J connectivity index is 1.38. The average Bonchev–Trinajstić information content (AvgIpc) is 2.89. The lowest BCUT2D eigenvalue weighted by atomic mass is 9.91. The number of aromatic nitrogens is 1. The zero-order valence-corrected chi connectivity index (χ0v) is 15.9. The topological polar surface area (TPSA) is 28.6 Å². The molecule has 1 aromatic heterocycles. The molecule has 1 saturated heterocycles. The summed E-state index contributed by atoms with van der Waals surface area (Å²) >= 11 is 0. The van der Waals surface area contributed by atoms with Crippen molar-refractivity contribution in [2.75, 3.05) is 26.2 Å². The zero-order valence-electron chi connectivity index (χ0n) is 15.9. The third kappa shape index (κ3) is 4.17. The number of halogens is 2. The van der Waals surface area contributed by atoms with Gasteiger partial charge in [0.2, 0.25) is 5.88 Å². The van der Waals surface area contributed by atoms with Gasteiger partial charge in [-0.25, -0.2) is 13.8 Å². The highest BCUT2D eigenvalue weighted by molar-refractivity contribution is 5.61. The minimum atomic E-state index is -0.754. The van der Waals surface area contributed by atoms with Gasteiger partial charge in [-0.05, 0) is 37.5 Å². The van der Waals surface area contributed by atoms with Crippen LogP contribution in [-0.2, 0) is 0 Å². The highest BCUT2D eigenvalue weighted by Gasteiger charge is 2.27. The van der Waals surface area contributed by atoms with Crippen LogP contribution in [0.3, 0.4) is 0 Å². The Morgan fingerprint density at radius 3 is 2.57 bits per heavy atom. The van der Waals surface area contributed by atoms with Crippen LogP contribution < -0.4 is 4.74 Å². The van der Waals surface area contributed by atoms with E-state index >= 15 is 0 Å². The Morgan fingerprint density at radius 2 is 1.89 bits per heavy atom. The van der Waals surface area contributed by atoms with Crippen LogP contribution in [0.5, 0.6) is 11.6 Å². The van der Waals surface area contributed by atoms with E-state index < -0.39 is 11.6 Å². The summed E-state index contributed by atoms with van der Waals surface area (Å²) in [5.74, 6) is -1.19. The summed E-state index contributed by atoms with van der Waals surface area (Å²) in [5, 5.41) is 0. The highest BCUT2D eigenvalue weighted by Crippen LogP contribution is 2.28. The maximum Gasteiger partial charge on any atom is 0.219 e. The second kappa shape index (κ2) is 8.27. The molecule has 2 heterocycles. The molecular formula is C22H25F2N3O. The van der Waals surface area contributed by atoms with Crippen LogP contribution in [0.1, 0.15) is 31.2 Å². The van der Waals surface area contributed by atoms with E-state index in [0.717, 1.165) is 62.0 Å². The summed E-state index contributed by atoms with van der Waals surface area (Å²) in [5.41, 5.74) is 1.87. The van der Waals surface area contributed by atoms with Crippen molar-refractivity contribution in [2.45, 2.75) is 31.7 Å². The van der Waals surface area contributed by atoms with Gasteiger partial charge in [-0.15, -0.1) is 0 Å². The molecule has 0 spiro atoms. The maximum atomic E-state index is 13.7. The molecule has 0 unspecified atom stereocenters. The minimum Gasteiger partial charge on any atom is -0.436 e. The monoisotopic (exact) mass is 385 g/mol. The first-order chi connectivity index (χ1) is 13.6. The molecule has 1 saturated carbocycles. The summed E-state index contributed by atoms with van der Waals surface area (Å²) in [6.45, 7) is 8.44. The first-order valence-electron chi connectivity index (χ1n) is 9.87. The van der Waals surface area contributed by atoms with E-state index in [4.69, 9.17) is 4.74 Å². The molecule has 0 N–H and O–H groups in total. The summed E-state index contributed by atoms with van der Waals surface area (Å²) in [7, 11) is 0. The average molecular weight is 385 g/mol. The van der Waals surface area contributed by atoms with E-state index in [1.54, 1.807) is 12.3 Å². The highest BCUT2D eigenvalue weighted by atomic mass is 19.1. The molecule has 4 nitrogen and oxygen atoms in total. The van der Waals surface area contributed by atoms with Gasteiger partial charge in [0, 0.05) is 61.8 Å². The SMILES string of the molecule is C=C(c1ccc(Oc2ccc(F)cc2F)nc1)N1CCCN(C2CCC2)CC1. The lowest BCUT2D eigenvalue weighted by Crippen LogP contribution is -2.42. The van der Waals surface area contributed by atoms with Crippen molar-refractivity contribution < 1.29 is 13.5 Å². The molecule has 1 aliphatic heterocycles. The lowest BCUT2D eigenvalue weighted by molar-refractivity contribution is 0.133. The van der Waals surface area contributed by atoms with Gasteiger partial charge in [0.25, 0.3) is 0 Å². The van der Waals surface area contributed by atoms with Gasteiger partial charge in [-0.1, -0.05) is 13.0 Å². The first kappa shape index (κ1) is 18.9. The van der Waals surface area contributed by atoms with Crippen LogP contribution in [0.25, 0.3) is 5.70 Å². The quantitative estimate of drug-likeness (QED) is 0.747. The molecule has 0 bridgehead atoms. The van der Waals surface area contributed by atoms with Crippen molar-refractivity contribution in [3.8, 4) is 11.6 Å².